The fourth-order valence-electron chi connectivity index (χ4n) is 3.28. The molecule has 0 unspecified atom stereocenters. The smallest absolute Gasteiger partial charge is 0.243 e. The van der Waals surface area contributed by atoms with Gasteiger partial charge < -0.3 is 4.52 Å². The first-order valence-corrected chi connectivity index (χ1v) is 11.3. The number of sulfonamides is 1. The Bertz CT molecular complexity index is 1070. The highest BCUT2D eigenvalue weighted by atomic mass is 32.2. The van der Waals surface area contributed by atoms with Gasteiger partial charge in [0, 0.05) is 18.7 Å². The van der Waals surface area contributed by atoms with E-state index >= 15 is 0 Å². The number of piperidine rings is 1. The number of hydrogen-bond acceptors (Lipinski definition) is 7. The summed E-state index contributed by atoms with van der Waals surface area (Å²) in [7, 11) is -3.65. The molecule has 2 aromatic heterocycles. The lowest BCUT2D eigenvalue weighted by molar-refractivity contribution is 0.101. The number of rotatable bonds is 5. The fourth-order valence-corrected chi connectivity index (χ4v) is 5.45. The highest BCUT2D eigenvalue weighted by Crippen LogP contribution is 2.31. The second kappa shape index (κ2) is 7.57. The molecule has 1 saturated heterocycles. The van der Waals surface area contributed by atoms with Crippen molar-refractivity contribution in [3.05, 3.63) is 53.2 Å². The van der Waals surface area contributed by atoms with Crippen LogP contribution in [0, 0.1) is 0 Å². The standard InChI is InChI=1S/C19H19N3O4S2/c1-13(23)14-6-8-16(9-7-14)28(24,25)22-10-2-4-15(12-22)19-20-18(21-26-19)17-5-3-11-27-17/h3,5-9,11,15H,2,4,10,12H2,1H3/t15-/m0/s1. The molecule has 7 nitrogen and oxygen atoms in total. The van der Waals surface area contributed by atoms with Gasteiger partial charge in [0.25, 0.3) is 0 Å². The fraction of sp³-hybridized carbons (Fsp3) is 0.316. The van der Waals surface area contributed by atoms with Crippen LogP contribution in [-0.2, 0) is 10.0 Å². The molecule has 0 N–H and O–H groups in total. The van der Waals surface area contributed by atoms with Gasteiger partial charge in [0.15, 0.2) is 5.78 Å². The molecule has 3 aromatic rings. The van der Waals surface area contributed by atoms with Crippen molar-refractivity contribution in [1.29, 1.82) is 0 Å². The van der Waals surface area contributed by atoms with Gasteiger partial charge in [0.05, 0.1) is 15.7 Å². The zero-order valence-electron chi connectivity index (χ0n) is 15.2. The van der Waals surface area contributed by atoms with Gasteiger partial charge >= 0.3 is 0 Å². The monoisotopic (exact) mass is 417 g/mol. The maximum absolute atomic E-state index is 13.0. The van der Waals surface area contributed by atoms with Crippen LogP contribution in [0.2, 0.25) is 0 Å². The second-order valence-electron chi connectivity index (χ2n) is 6.72. The molecule has 28 heavy (non-hydrogen) atoms. The Morgan fingerprint density at radius 1 is 1.25 bits per heavy atom. The van der Waals surface area contributed by atoms with E-state index in [1.165, 1.54) is 34.7 Å². The van der Waals surface area contributed by atoms with E-state index in [1.807, 2.05) is 17.5 Å². The molecule has 146 valence electrons. The van der Waals surface area contributed by atoms with Crippen LogP contribution in [0.3, 0.4) is 0 Å². The average molecular weight is 418 g/mol. The molecule has 1 aromatic carbocycles. The third-order valence-corrected chi connectivity index (χ3v) is 7.56. The van der Waals surface area contributed by atoms with Crippen LogP contribution in [0.15, 0.2) is 51.2 Å². The normalized spacial score (nSPS) is 18.2. The summed E-state index contributed by atoms with van der Waals surface area (Å²) in [6, 6.07) is 9.89. The summed E-state index contributed by atoms with van der Waals surface area (Å²) in [5.41, 5.74) is 0.488. The van der Waals surface area contributed by atoms with Crippen molar-refractivity contribution in [1.82, 2.24) is 14.4 Å². The molecule has 1 aliphatic heterocycles. The minimum Gasteiger partial charge on any atom is -0.339 e. The Morgan fingerprint density at radius 3 is 2.71 bits per heavy atom. The summed E-state index contributed by atoms with van der Waals surface area (Å²) < 4.78 is 32.9. The molecular formula is C19H19N3O4S2. The molecule has 1 aliphatic rings. The van der Waals surface area contributed by atoms with Crippen molar-refractivity contribution in [2.45, 2.75) is 30.6 Å². The van der Waals surface area contributed by atoms with Crippen molar-refractivity contribution in [3.63, 3.8) is 0 Å². The number of Topliss-reactive ketones (excluding diaryl/α,β-unsaturated/α-hetero) is 1. The van der Waals surface area contributed by atoms with Gasteiger partial charge in [-0.05, 0) is 43.3 Å². The van der Waals surface area contributed by atoms with Crippen molar-refractivity contribution in [2.24, 2.45) is 0 Å². The summed E-state index contributed by atoms with van der Waals surface area (Å²) in [6.07, 6.45) is 1.51. The van der Waals surface area contributed by atoms with Crippen LogP contribution in [0.25, 0.3) is 10.7 Å². The first-order chi connectivity index (χ1) is 13.4. The lowest BCUT2D eigenvalue weighted by Gasteiger charge is -2.30. The van der Waals surface area contributed by atoms with E-state index < -0.39 is 10.0 Å². The van der Waals surface area contributed by atoms with E-state index in [4.69, 9.17) is 4.52 Å². The molecule has 0 radical (unpaired) electrons. The molecule has 9 heteroatoms. The van der Waals surface area contributed by atoms with Gasteiger partial charge in [-0.2, -0.15) is 9.29 Å². The molecule has 0 saturated carbocycles. The predicted octanol–water partition coefficient (Wildman–Crippen LogP) is 3.57. The topological polar surface area (TPSA) is 93.4 Å². The number of benzene rings is 1. The Kier molecular flexibility index (Phi) is 5.13. The van der Waals surface area contributed by atoms with Crippen LogP contribution >= 0.6 is 11.3 Å². The van der Waals surface area contributed by atoms with Crippen LogP contribution < -0.4 is 0 Å². The zero-order valence-corrected chi connectivity index (χ0v) is 16.9. The Labute approximate surface area is 167 Å². The minimum absolute atomic E-state index is 0.0973. The third-order valence-electron chi connectivity index (χ3n) is 4.82. The van der Waals surface area contributed by atoms with Crippen LogP contribution in [-0.4, -0.2) is 41.7 Å². The zero-order chi connectivity index (χ0) is 19.7. The van der Waals surface area contributed by atoms with Gasteiger partial charge in [0.2, 0.25) is 21.7 Å². The van der Waals surface area contributed by atoms with Crippen LogP contribution in [0.4, 0.5) is 0 Å². The quantitative estimate of drug-likeness (QED) is 0.589. The van der Waals surface area contributed by atoms with Crippen molar-refractivity contribution < 1.29 is 17.7 Å². The SMILES string of the molecule is CC(=O)c1ccc(S(=O)(=O)N2CCC[C@H](c3nc(-c4cccs4)no3)C2)cc1. The predicted molar refractivity (Wildman–Crippen MR) is 105 cm³/mol. The van der Waals surface area contributed by atoms with E-state index in [0.29, 0.717) is 36.8 Å². The average Bonchev–Trinajstić information content (AvgIpc) is 3.40. The molecular weight excluding hydrogens is 398 g/mol. The largest absolute Gasteiger partial charge is 0.339 e. The van der Waals surface area contributed by atoms with E-state index in [2.05, 4.69) is 10.1 Å². The summed E-state index contributed by atoms with van der Waals surface area (Å²) in [5, 5.41) is 5.97. The number of hydrogen-bond donors (Lipinski definition) is 0. The lowest BCUT2D eigenvalue weighted by Crippen LogP contribution is -2.39. The highest BCUT2D eigenvalue weighted by molar-refractivity contribution is 7.89. The second-order valence-corrected chi connectivity index (χ2v) is 9.60. The Hall–Kier alpha value is -2.36. The van der Waals surface area contributed by atoms with Crippen LogP contribution in [0.1, 0.15) is 41.9 Å². The molecule has 3 heterocycles. The summed E-state index contributed by atoms with van der Waals surface area (Å²) in [4.78, 5) is 17.0. The van der Waals surface area contributed by atoms with Crippen molar-refractivity contribution in [2.75, 3.05) is 13.1 Å². The number of aromatic nitrogens is 2. The number of nitrogens with zero attached hydrogens (tertiary/aromatic N) is 3. The minimum atomic E-state index is -3.65. The van der Waals surface area contributed by atoms with Crippen molar-refractivity contribution >= 4 is 27.1 Å². The Balaban J connectivity index is 1.54. The third kappa shape index (κ3) is 3.65. The maximum atomic E-state index is 13.0. The molecule has 1 fully saturated rings. The Morgan fingerprint density at radius 2 is 2.04 bits per heavy atom. The summed E-state index contributed by atoms with van der Waals surface area (Å²) in [6.45, 7) is 2.19. The molecule has 0 bridgehead atoms. The number of carbonyl (C=O) groups excluding carboxylic acids is 1. The van der Waals surface area contributed by atoms with E-state index in [0.717, 1.165) is 11.3 Å². The number of ketones is 1. The maximum Gasteiger partial charge on any atom is 0.243 e. The van der Waals surface area contributed by atoms with Crippen molar-refractivity contribution in [3.8, 4) is 10.7 Å². The van der Waals surface area contributed by atoms with E-state index in [9.17, 15) is 13.2 Å². The van der Waals surface area contributed by atoms with Crippen LogP contribution in [0.5, 0.6) is 0 Å². The van der Waals surface area contributed by atoms with Gasteiger partial charge in [-0.3, -0.25) is 4.79 Å². The first kappa shape index (κ1) is 19.0. The molecule has 0 amide bonds. The number of carbonyl (C=O) groups is 1. The molecule has 4 rings (SSSR count). The molecule has 0 aliphatic carbocycles. The van der Waals surface area contributed by atoms with E-state index in [-0.39, 0.29) is 16.6 Å². The van der Waals surface area contributed by atoms with Gasteiger partial charge in [-0.25, -0.2) is 8.42 Å². The summed E-state index contributed by atoms with van der Waals surface area (Å²) in [5.74, 6) is 0.765. The van der Waals surface area contributed by atoms with Gasteiger partial charge in [-0.1, -0.05) is 23.4 Å². The highest BCUT2D eigenvalue weighted by Gasteiger charge is 2.33. The molecule has 0 spiro atoms. The van der Waals surface area contributed by atoms with E-state index in [1.54, 1.807) is 12.1 Å². The van der Waals surface area contributed by atoms with Gasteiger partial charge in [-0.15, -0.1) is 11.3 Å². The molecule has 1 atom stereocenters. The summed E-state index contributed by atoms with van der Waals surface area (Å²) >= 11 is 1.53. The van der Waals surface area contributed by atoms with Gasteiger partial charge in [0.1, 0.15) is 0 Å². The number of thiophene rings is 1. The lowest BCUT2D eigenvalue weighted by atomic mass is 10.00. The first-order valence-electron chi connectivity index (χ1n) is 8.94.